The molecule has 0 fully saturated rings. The van der Waals surface area contributed by atoms with E-state index in [0.717, 1.165) is 70.6 Å². The Balaban J connectivity index is 3.92. The van der Waals surface area contributed by atoms with Gasteiger partial charge in [0.2, 0.25) is 0 Å². The van der Waals surface area contributed by atoms with E-state index in [4.69, 9.17) is 9.84 Å². The average Bonchev–Trinajstić information content (AvgIpc) is 3.04. The lowest BCUT2D eigenvalue weighted by Gasteiger charge is -2.18. The number of ether oxygens (including phenoxy) is 1. The number of carbonyl (C=O) groups excluding carboxylic acids is 1. The van der Waals surface area contributed by atoms with E-state index in [1.807, 2.05) is 0 Å². The van der Waals surface area contributed by atoms with E-state index in [0.29, 0.717) is 19.3 Å². The van der Waals surface area contributed by atoms with Gasteiger partial charge in [-0.25, -0.2) is 0 Å². The monoisotopic (exact) mass is 641 g/mol. The molecule has 4 nitrogen and oxygen atoms in total. The van der Waals surface area contributed by atoms with Crippen LogP contribution in [0.5, 0.6) is 0 Å². The summed E-state index contributed by atoms with van der Waals surface area (Å²) < 4.78 is 5.81. The second kappa shape index (κ2) is 37.1. The van der Waals surface area contributed by atoms with E-state index in [1.54, 1.807) is 0 Å². The van der Waals surface area contributed by atoms with Gasteiger partial charge in [-0.1, -0.05) is 158 Å². The number of rotatable bonds is 34. The molecule has 0 aliphatic rings. The van der Waals surface area contributed by atoms with Crippen LogP contribution in [0.3, 0.4) is 0 Å². The minimum Gasteiger partial charge on any atom is -0.481 e. The van der Waals surface area contributed by atoms with Crippen LogP contribution in [0, 0.1) is 0 Å². The minimum absolute atomic E-state index is 0.120. The number of aliphatic carboxylic acids is 1. The lowest BCUT2D eigenvalue weighted by Crippen LogP contribution is -2.18. The van der Waals surface area contributed by atoms with E-state index in [2.05, 4.69) is 74.6 Å². The summed E-state index contributed by atoms with van der Waals surface area (Å²) in [6.45, 7) is 4.42. The van der Waals surface area contributed by atoms with Crippen LogP contribution < -0.4 is 0 Å². The van der Waals surface area contributed by atoms with Crippen molar-refractivity contribution in [2.45, 2.75) is 193 Å². The molecule has 0 rings (SSSR count). The highest BCUT2D eigenvalue weighted by molar-refractivity contribution is 5.69. The Morgan fingerprint density at radius 3 is 1.43 bits per heavy atom. The zero-order valence-corrected chi connectivity index (χ0v) is 30.1. The highest BCUT2D eigenvalue weighted by Gasteiger charge is 2.15. The molecule has 0 aromatic rings. The van der Waals surface area contributed by atoms with Gasteiger partial charge in [0.05, 0.1) is 0 Å². The van der Waals surface area contributed by atoms with Crippen molar-refractivity contribution in [3.63, 3.8) is 0 Å². The molecule has 4 heteroatoms. The summed E-state index contributed by atoms with van der Waals surface area (Å²) >= 11 is 0. The molecule has 1 atom stereocenters. The molecule has 0 saturated carbocycles. The number of carboxylic acid groups (broad SMARTS) is 1. The Morgan fingerprint density at radius 1 is 0.500 bits per heavy atom. The van der Waals surface area contributed by atoms with Crippen molar-refractivity contribution in [3.05, 3.63) is 60.8 Å². The molecule has 1 unspecified atom stereocenters. The van der Waals surface area contributed by atoms with Gasteiger partial charge in [-0.15, -0.1) is 0 Å². The first-order chi connectivity index (χ1) is 22.6. The van der Waals surface area contributed by atoms with Gasteiger partial charge in [0, 0.05) is 12.8 Å². The normalized spacial score (nSPS) is 12.9. The van der Waals surface area contributed by atoms with E-state index < -0.39 is 5.97 Å². The van der Waals surface area contributed by atoms with Crippen LogP contribution in [0.2, 0.25) is 0 Å². The van der Waals surface area contributed by atoms with Crippen molar-refractivity contribution >= 4 is 11.9 Å². The zero-order valence-electron chi connectivity index (χ0n) is 30.1. The van der Waals surface area contributed by atoms with Crippen molar-refractivity contribution in [3.8, 4) is 0 Å². The number of allylic oxidation sites excluding steroid dienone is 10. The van der Waals surface area contributed by atoms with Crippen molar-refractivity contribution in [1.82, 2.24) is 0 Å². The molecule has 0 aliphatic carbocycles. The first-order valence-electron chi connectivity index (χ1n) is 19.3. The number of unbranched alkanes of at least 4 members (excludes halogenated alkanes) is 15. The molecule has 0 amide bonds. The fraction of sp³-hybridized carbons (Fsp3) is 0.714. The van der Waals surface area contributed by atoms with E-state index in [1.165, 1.54) is 77.0 Å². The summed E-state index contributed by atoms with van der Waals surface area (Å²) in [4.78, 5) is 23.5. The lowest BCUT2D eigenvalue weighted by molar-refractivity contribution is -0.150. The molecule has 0 bridgehead atoms. The van der Waals surface area contributed by atoms with E-state index in [9.17, 15) is 9.59 Å². The number of esters is 1. The summed E-state index contributed by atoms with van der Waals surface area (Å²) in [7, 11) is 0. The van der Waals surface area contributed by atoms with Crippen LogP contribution >= 0.6 is 0 Å². The van der Waals surface area contributed by atoms with E-state index >= 15 is 0 Å². The SMILES string of the molecule is CC/C=C\C/C=C\C/C=C\C/C=C\C/C=C\CCCCCC(=O)OC(CCCCCCCCCCCCCCC)CCCC(=O)O. The summed E-state index contributed by atoms with van der Waals surface area (Å²) in [6, 6.07) is 0. The largest absolute Gasteiger partial charge is 0.481 e. The smallest absolute Gasteiger partial charge is 0.306 e. The molecule has 264 valence electrons. The summed E-state index contributed by atoms with van der Waals surface area (Å²) in [5.41, 5.74) is 0. The highest BCUT2D eigenvalue weighted by Crippen LogP contribution is 2.18. The summed E-state index contributed by atoms with van der Waals surface area (Å²) in [6.07, 6.45) is 50.9. The molecule has 0 spiro atoms. The molecule has 46 heavy (non-hydrogen) atoms. The quantitative estimate of drug-likeness (QED) is 0.0432. The van der Waals surface area contributed by atoms with Gasteiger partial charge >= 0.3 is 11.9 Å². The van der Waals surface area contributed by atoms with Crippen LogP contribution in [0.4, 0.5) is 0 Å². The summed E-state index contributed by atoms with van der Waals surface area (Å²) in [5, 5.41) is 9.01. The third-order valence-electron chi connectivity index (χ3n) is 8.25. The predicted octanol–water partition coefficient (Wildman–Crippen LogP) is 13.3. The molecule has 0 heterocycles. The van der Waals surface area contributed by atoms with Crippen molar-refractivity contribution in [2.24, 2.45) is 0 Å². The van der Waals surface area contributed by atoms with Gasteiger partial charge in [-0.2, -0.15) is 0 Å². The molecule has 0 radical (unpaired) electrons. The summed E-state index contributed by atoms with van der Waals surface area (Å²) in [5.74, 6) is -0.900. The van der Waals surface area contributed by atoms with Crippen LogP contribution in [-0.2, 0) is 14.3 Å². The Hall–Kier alpha value is -2.36. The first kappa shape index (κ1) is 43.6. The maximum absolute atomic E-state index is 12.5. The van der Waals surface area contributed by atoms with Gasteiger partial charge in [0.15, 0.2) is 0 Å². The maximum Gasteiger partial charge on any atom is 0.306 e. The Kier molecular flexibility index (Phi) is 35.2. The molecule has 0 aromatic heterocycles. The van der Waals surface area contributed by atoms with Crippen molar-refractivity contribution in [1.29, 1.82) is 0 Å². The van der Waals surface area contributed by atoms with Crippen molar-refractivity contribution in [2.75, 3.05) is 0 Å². The standard InChI is InChI=1S/C42H72O4/c1-3-5-7-9-11-13-15-17-18-19-20-21-22-24-26-28-30-32-34-39-42(45)46-40(37-35-38-41(43)44)36-33-31-29-27-25-23-16-14-12-10-8-6-4-2/h5,7,11,13,17-18,20-21,24,26,40H,3-4,6,8-10,12,14-16,19,22-23,25,27-39H2,1-2H3,(H,43,44)/b7-5-,13-11-,18-17-,21-20-,26-24-. The fourth-order valence-corrected chi connectivity index (χ4v) is 5.45. The van der Waals surface area contributed by atoms with Gasteiger partial charge in [-0.3, -0.25) is 9.59 Å². The van der Waals surface area contributed by atoms with Gasteiger partial charge < -0.3 is 9.84 Å². The Bertz CT molecular complexity index is 820. The molecule has 0 saturated heterocycles. The third-order valence-corrected chi connectivity index (χ3v) is 8.25. The van der Waals surface area contributed by atoms with Crippen molar-refractivity contribution < 1.29 is 19.4 Å². The number of carbonyl (C=O) groups is 2. The second-order valence-electron chi connectivity index (χ2n) is 12.7. The van der Waals surface area contributed by atoms with Crippen LogP contribution in [-0.4, -0.2) is 23.1 Å². The topological polar surface area (TPSA) is 63.6 Å². The molecule has 1 N–H and O–H groups in total. The fourth-order valence-electron chi connectivity index (χ4n) is 5.45. The Labute approximate surface area is 284 Å². The van der Waals surface area contributed by atoms with Gasteiger partial charge in [0.25, 0.3) is 0 Å². The molecule has 0 aliphatic heterocycles. The lowest BCUT2D eigenvalue weighted by atomic mass is 10.0. The number of hydrogen-bond donors (Lipinski definition) is 1. The predicted molar refractivity (Wildman–Crippen MR) is 199 cm³/mol. The van der Waals surface area contributed by atoms with Crippen LogP contribution in [0.15, 0.2) is 60.8 Å². The second-order valence-corrected chi connectivity index (χ2v) is 12.7. The first-order valence-corrected chi connectivity index (χ1v) is 19.3. The van der Waals surface area contributed by atoms with Gasteiger partial charge in [-0.05, 0) is 77.0 Å². The minimum atomic E-state index is -0.779. The Morgan fingerprint density at radius 2 is 0.935 bits per heavy atom. The van der Waals surface area contributed by atoms with Crippen LogP contribution in [0.1, 0.15) is 187 Å². The van der Waals surface area contributed by atoms with Gasteiger partial charge in [0.1, 0.15) is 6.10 Å². The average molecular weight is 641 g/mol. The maximum atomic E-state index is 12.5. The zero-order chi connectivity index (χ0) is 33.6. The molecular formula is C42H72O4. The van der Waals surface area contributed by atoms with E-state index in [-0.39, 0.29) is 18.5 Å². The molecule has 0 aromatic carbocycles. The van der Waals surface area contributed by atoms with Crippen LogP contribution in [0.25, 0.3) is 0 Å². The number of hydrogen-bond acceptors (Lipinski definition) is 3. The highest BCUT2D eigenvalue weighted by atomic mass is 16.5. The number of carboxylic acids is 1. The molecular weight excluding hydrogens is 568 g/mol. The third kappa shape index (κ3) is 36.1.